The summed E-state index contributed by atoms with van der Waals surface area (Å²) in [5.74, 6) is 0. The second-order valence-electron chi connectivity index (χ2n) is 1.22. The maximum absolute atomic E-state index is 8.14. The molecular weight excluding hydrogens is 91.9 g/mol. The fourth-order valence-corrected chi connectivity index (χ4v) is 0.256. The van der Waals surface area contributed by atoms with Crippen molar-refractivity contribution in [1.29, 1.82) is 0 Å². The third kappa shape index (κ3) is 15.7. The van der Waals surface area contributed by atoms with E-state index >= 15 is 0 Å². The van der Waals surface area contributed by atoms with E-state index < -0.39 is 0 Å². The van der Waals surface area contributed by atoms with Crippen molar-refractivity contribution in [3.05, 3.63) is 0 Å². The van der Waals surface area contributed by atoms with E-state index in [-0.39, 0.29) is 47.2 Å². The molecule has 0 atom stereocenters. The first-order valence-corrected chi connectivity index (χ1v) is 2.22. The van der Waals surface area contributed by atoms with Crippen LogP contribution in [0.15, 0.2) is 0 Å². The minimum Gasteiger partial charge on any atom is -1.00 e. The van der Waals surface area contributed by atoms with E-state index in [0.29, 0.717) is 6.54 Å². The Balaban J connectivity index is -0.0000000208. The molecule has 8 heavy (non-hydrogen) atoms. The first kappa shape index (κ1) is 16.1. The van der Waals surface area contributed by atoms with Gasteiger partial charge in [-0.25, -0.2) is 0 Å². The third-order valence-electron chi connectivity index (χ3n) is 0.612. The van der Waals surface area contributed by atoms with E-state index in [0.717, 1.165) is 12.8 Å². The molecule has 42 valence electrons. The van der Waals surface area contributed by atoms with Crippen LogP contribution < -0.4 is 43.5 Å². The zero-order valence-corrected chi connectivity index (χ0v) is 5.85. The van der Waals surface area contributed by atoms with Gasteiger partial charge in [0.1, 0.15) is 0 Å². The van der Waals surface area contributed by atoms with Crippen molar-refractivity contribution in [2.45, 2.75) is 12.8 Å². The molecule has 0 aliphatic rings. The van der Waals surface area contributed by atoms with Crippen LogP contribution >= 0.6 is 0 Å². The first-order chi connectivity index (χ1) is 2.91. The van der Waals surface area contributed by atoms with E-state index in [4.69, 9.17) is 10.8 Å². The molecule has 0 saturated carbocycles. The number of rotatable bonds is 3. The summed E-state index contributed by atoms with van der Waals surface area (Å²) in [5, 5.41) is 8.14. The molecule has 0 aromatic rings. The third-order valence-corrected chi connectivity index (χ3v) is 0.612. The van der Waals surface area contributed by atoms with Crippen LogP contribution in [0.5, 0.6) is 0 Å². The van der Waals surface area contributed by atoms with Crippen molar-refractivity contribution in [3.8, 4) is 0 Å². The second kappa shape index (κ2) is 15.7. The summed E-state index contributed by atoms with van der Waals surface area (Å²) in [6.07, 6.45) is 1.78. The molecule has 0 aromatic heterocycles. The van der Waals surface area contributed by atoms with Gasteiger partial charge in [-0.05, 0) is 19.4 Å². The summed E-state index contributed by atoms with van der Waals surface area (Å²) in [4.78, 5) is 0. The van der Waals surface area contributed by atoms with Gasteiger partial charge in [-0.1, -0.05) is 0 Å². The molecule has 4 heteroatoms. The monoisotopic (exact) mass is 105 g/mol. The number of nitrogens with two attached hydrogens (primary N) is 1. The summed E-state index contributed by atoms with van der Waals surface area (Å²) in [5.41, 5.74) is 5.10. The van der Waals surface area contributed by atoms with Crippen LogP contribution in [0.1, 0.15) is 15.7 Å². The topological polar surface area (TPSA) is 46.2 Å². The van der Waals surface area contributed by atoms with Crippen LogP contribution in [0.2, 0.25) is 0 Å². The van der Waals surface area contributed by atoms with Gasteiger partial charge >= 0.3 is 37.7 Å². The predicted octanol–water partition coefficient (Wildman–Crippen LogP) is -6.05. The Kier molecular flexibility index (Phi) is 31.5. The van der Waals surface area contributed by atoms with Crippen molar-refractivity contribution in [2.75, 3.05) is 13.2 Å². The van der Waals surface area contributed by atoms with E-state index in [1.54, 1.807) is 0 Å². The van der Waals surface area contributed by atoms with Crippen molar-refractivity contribution in [2.24, 2.45) is 5.73 Å². The standard InChI is InChI=1S/C4H11NO.2Li.2H/c5-3-1-2-4-6;;;;/h6H,1-5H2;;;;/q;2*+1;2*-1. The predicted molar refractivity (Wildman–Crippen MR) is 27.6 cm³/mol. The van der Waals surface area contributed by atoms with E-state index in [1.165, 1.54) is 0 Å². The summed E-state index contributed by atoms with van der Waals surface area (Å²) in [7, 11) is 0. The summed E-state index contributed by atoms with van der Waals surface area (Å²) < 4.78 is 0. The van der Waals surface area contributed by atoms with Crippen LogP contribution in [0, 0.1) is 0 Å². The van der Waals surface area contributed by atoms with Gasteiger partial charge in [0, 0.05) is 6.61 Å². The van der Waals surface area contributed by atoms with Gasteiger partial charge in [-0.15, -0.1) is 0 Å². The molecule has 0 aliphatic heterocycles. The molecule has 3 N–H and O–H groups in total. The van der Waals surface area contributed by atoms with Gasteiger partial charge in [0.15, 0.2) is 0 Å². The quantitative estimate of drug-likeness (QED) is 0.277. The summed E-state index contributed by atoms with van der Waals surface area (Å²) in [6.45, 7) is 0.970. The molecule has 0 aliphatic carbocycles. The van der Waals surface area contributed by atoms with Crippen LogP contribution in [0.3, 0.4) is 0 Å². The molecule has 0 rings (SSSR count). The maximum Gasteiger partial charge on any atom is 1.00 e. The molecule has 0 heterocycles. The molecule has 0 aromatic carbocycles. The Bertz CT molecular complexity index is 33.2. The van der Waals surface area contributed by atoms with Crippen molar-refractivity contribution in [1.82, 2.24) is 0 Å². The average Bonchev–Trinajstić information content (AvgIpc) is 1.61. The molecule has 0 spiro atoms. The van der Waals surface area contributed by atoms with Gasteiger partial charge in [0.2, 0.25) is 0 Å². The zero-order chi connectivity index (χ0) is 4.83. The Hall–Kier alpha value is 1.11. The van der Waals surface area contributed by atoms with Crippen LogP contribution in [-0.4, -0.2) is 18.3 Å². The Morgan fingerprint density at radius 1 is 1.25 bits per heavy atom. The van der Waals surface area contributed by atoms with E-state index in [2.05, 4.69) is 0 Å². The smallest absolute Gasteiger partial charge is 1.00 e. The van der Waals surface area contributed by atoms with E-state index in [1.807, 2.05) is 0 Å². The van der Waals surface area contributed by atoms with Crippen LogP contribution in [0.4, 0.5) is 0 Å². The number of aliphatic hydroxyl groups is 1. The molecule has 0 radical (unpaired) electrons. The zero-order valence-electron chi connectivity index (χ0n) is 7.85. The fraction of sp³-hybridized carbons (Fsp3) is 1.00. The molecule has 2 nitrogen and oxygen atoms in total. The number of hydrogen-bond acceptors (Lipinski definition) is 2. The second-order valence-corrected chi connectivity index (χ2v) is 1.22. The minimum absolute atomic E-state index is 0. The maximum atomic E-state index is 8.14. The van der Waals surface area contributed by atoms with Crippen LogP contribution in [0.25, 0.3) is 0 Å². The van der Waals surface area contributed by atoms with Crippen LogP contribution in [-0.2, 0) is 0 Å². The van der Waals surface area contributed by atoms with Crippen molar-refractivity contribution in [3.63, 3.8) is 0 Å². The number of hydrogen-bond donors (Lipinski definition) is 2. The van der Waals surface area contributed by atoms with Gasteiger partial charge in [0.05, 0.1) is 0 Å². The molecule has 0 amide bonds. The van der Waals surface area contributed by atoms with Gasteiger partial charge in [-0.3, -0.25) is 0 Å². The normalized spacial score (nSPS) is 6.75. The van der Waals surface area contributed by atoms with Crippen molar-refractivity contribution < 1.29 is 45.7 Å². The summed E-state index contributed by atoms with van der Waals surface area (Å²) in [6, 6.07) is 0. The Morgan fingerprint density at radius 3 is 1.88 bits per heavy atom. The molecule has 0 unspecified atom stereocenters. The first-order valence-electron chi connectivity index (χ1n) is 2.22. The van der Waals surface area contributed by atoms with E-state index in [9.17, 15) is 0 Å². The molecule has 0 saturated heterocycles. The number of aliphatic hydroxyl groups excluding tert-OH is 1. The largest absolute Gasteiger partial charge is 1.00 e. The molecule has 0 fully saturated rings. The average molecular weight is 105 g/mol. The molecule has 0 bridgehead atoms. The Morgan fingerprint density at radius 2 is 1.75 bits per heavy atom. The van der Waals surface area contributed by atoms with Gasteiger partial charge < -0.3 is 13.7 Å². The van der Waals surface area contributed by atoms with Crippen molar-refractivity contribution >= 4 is 0 Å². The van der Waals surface area contributed by atoms with Gasteiger partial charge in [0.25, 0.3) is 0 Å². The fourth-order valence-electron chi connectivity index (χ4n) is 0.256. The minimum atomic E-state index is 0. The summed E-state index contributed by atoms with van der Waals surface area (Å²) >= 11 is 0. The van der Waals surface area contributed by atoms with Gasteiger partial charge in [-0.2, -0.15) is 0 Å². The SMILES string of the molecule is NCCCCO.[H-].[H-].[Li+].[Li+]. The Labute approximate surface area is 77.5 Å². The number of unbranched alkanes of at least 4 members (excludes halogenated alkanes) is 1. The molecular formula is C4H13Li2NO.